The Balaban J connectivity index is 1.90. The SMILES string of the molecule is CCCNC(=O)[C@@H](Cc1ccccc1)N(Cc1cccc(OC)c1)C(=O)CCCN(c1ccccc1OC)S(C)(=O)=O. The van der Waals surface area contributed by atoms with Gasteiger partial charge < -0.3 is 19.7 Å². The third-order valence-corrected chi connectivity index (χ3v) is 7.99. The molecule has 2 amide bonds. The molecule has 3 rings (SSSR count). The van der Waals surface area contributed by atoms with Gasteiger partial charge in [-0.25, -0.2) is 8.42 Å². The Morgan fingerprint density at radius 1 is 0.905 bits per heavy atom. The molecule has 42 heavy (non-hydrogen) atoms. The molecule has 0 spiro atoms. The van der Waals surface area contributed by atoms with Crippen LogP contribution in [0.3, 0.4) is 0 Å². The summed E-state index contributed by atoms with van der Waals surface area (Å²) < 4.78 is 37.5. The molecule has 3 aromatic carbocycles. The topological polar surface area (TPSA) is 105 Å². The van der Waals surface area contributed by atoms with E-state index in [1.807, 2.05) is 61.5 Å². The van der Waals surface area contributed by atoms with Crippen LogP contribution in [-0.4, -0.2) is 64.7 Å². The van der Waals surface area contributed by atoms with Gasteiger partial charge in [0.2, 0.25) is 21.8 Å². The van der Waals surface area contributed by atoms with E-state index >= 15 is 0 Å². The van der Waals surface area contributed by atoms with Gasteiger partial charge in [0.25, 0.3) is 0 Å². The molecule has 0 aliphatic heterocycles. The summed E-state index contributed by atoms with van der Waals surface area (Å²) in [7, 11) is -0.596. The van der Waals surface area contributed by atoms with Crippen molar-refractivity contribution in [1.29, 1.82) is 0 Å². The number of carbonyl (C=O) groups is 2. The second-order valence-corrected chi connectivity index (χ2v) is 11.9. The van der Waals surface area contributed by atoms with Crippen molar-refractivity contribution in [3.05, 3.63) is 90.0 Å². The molecule has 1 atom stereocenters. The second kappa shape index (κ2) is 15.8. The highest BCUT2D eigenvalue weighted by atomic mass is 32.2. The average Bonchev–Trinajstić information content (AvgIpc) is 2.99. The minimum absolute atomic E-state index is 0.0392. The molecule has 0 heterocycles. The lowest BCUT2D eigenvalue weighted by Crippen LogP contribution is -2.50. The van der Waals surface area contributed by atoms with Crippen LogP contribution in [0.4, 0.5) is 5.69 Å². The highest BCUT2D eigenvalue weighted by Crippen LogP contribution is 2.30. The van der Waals surface area contributed by atoms with E-state index in [0.717, 1.165) is 23.8 Å². The van der Waals surface area contributed by atoms with Gasteiger partial charge in [0.15, 0.2) is 0 Å². The molecule has 0 aliphatic rings. The zero-order valence-electron chi connectivity index (χ0n) is 24.8. The van der Waals surface area contributed by atoms with Crippen molar-refractivity contribution < 1.29 is 27.5 Å². The minimum Gasteiger partial charge on any atom is -0.497 e. The summed E-state index contributed by atoms with van der Waals surface area (Å²) in [6.45, 7) is 2.73. The van der Waals surface area contributed by atoms with E-state index in [1.54, 1.807) is 36.3 Å². The first-order valence-electron chi connectivity index (χ1n) is 14.0. The number of hydrogen-bond acceptors (Lipinski definition) is 6. The van der Waals surface area contributed by atoms with Gasteiger partial charge in [0.1, 0.15) is 17.5 Å². The maximum atomic E-state index is 13.9. The Morgan fingerprint density at radius 3 is 2.26 bits per heavy atom. The van der Waals surface area contributed by atoms with E-state index < -0.39 is 16.1 Å². The van der Waals surface area contributed by atoms with E-state index in [0.29, 0.717) is 30.2 Å². The summed E-state index contributed by atoms with van der Waals surface area (Å²) in [4.78, 5) is 29.0. The van der Waals surface area contributed by atoms with Gasteiger partial charge in [-0.15, -0.1) is 0 Å². The van der Waals surface area contributed by atoms with Gasteiger partial charge in [-0.2, -0.15) is 0 Å². The van der Waals surface area contributed by atoms with E-state index in [-0.39, 0.29) is 37.7 Å². The molecule has 0 unspecified atom stereocenters. The van der Waals surface area contributed by atoms with Crippen LogP contribution in [0.25, 0.3) is 0 Å². The summed E-state index contributed by atoms with van der Waals surface area (Å²) in [5.41, 5.74) is 2.15. The van der Waals surface area contributed by atoms with Crippen LogP contribution in [0.15, 0.2) is 78.9 Å². The zero-order chi connectivity index (χ0) is 30.5. The van der Waals surface area contributed by atoms with Gasteiger partial charge in [0.05, 0.1) is 26.2 Å². The lowest BCUT2D eigenvalue weighted by molar-refractivity contribution is -0.141. The van der Waals surface area contributed by atoms with Gasteiger partial charge in [-0.3, -0.25) is 13.9 Å². The normalized spacial score (nSPS) is 11.8. The van der Waals surface area contributed by atoms with Gasteiger partial charge in [-0.05, 0) is 48.2 Å². The summed E-state index contributed by atoms with van der Waals surface area (Å²) in [5, 5.41) is 2.97. The van der Waals surface area contributed by atoms with Crippen molar-refractivity contribution in [3.63, 3.8) is 0 Å². The highest BCUT2D eigenvalue weighted by molar-refractivity contribution is 7.92. The second-order valence-electron chi connectivity index (χ2n) is 9.98. The first kappa shape index (κ1) is 32.5. The van der Waals surface area contributed by atoms with Crippen LogP contribution in [-0.2, 0) is 32.6 Å². The molecule has 0 fully saturated rings. The van der Waals surface area contributed by atoms with Crippen molar-refractivity contribution in [2.24, 2.45) is 0 Å². The number of nitrogens with zero attached hydrogens (tertiary/aromatic N) is 2. The molecule has 1 N–H and O–H groups in total. The van der Waals surface area contributed by atoms with E-state index in [9.17, 15) is 18.0 Å². The summed E-state index contributed by atoms with van der Waals surface area (Å²) >= 11 is 0. The fourth-order valence-electron chi connectivity index (χ4n) is 4.71. The number of benzene rings is 3. The van der Waals surface area contributed by atoms with Gasteiger partial charge in [0, 0.05) is 32.5 Å². The Labute approximate surface area is 249 Å². The molecule has 10 heteroatoms. The van der Waals surface area contributed by atoms with Crippen LogP contribution in [0.2, 0.25) is 0 Å². The monoisotopic (exact) mass is 595 g/mol. The fraction of sp³-hybridized carbons (Fsp3) is 0.375. The molecule has 3 aromatic rings. The van der Waals surface area contributed by atoms with Crippen molar-refractivity contribution in [2.45, 2.75) is 45.2 Å². The summed E-state index contributed by atoms with van der Waals surface area (Å²) in [6, 6.07) is 23.1. The Bertz CT molecular complexity index is 1410. The number of ether oxygens (including phenoxy) is 2. The Hall–Kier alpha value is -4.05. The first-order chi connectivity index (χ1) is 20.2. The fourth-order valence-corrected chi connectivity index (χ4v) is 5.67. The van der Waals surface area contributed by atoms with E-state index in [1.165, 1.54) is 11.4 Å². The maximum Gasteiger partial charge on any atom is 0.243 e. The molecule has 0 aliphatic carbocycles. The predicted octanol–water partition coefficient (Wildman–Crippen LogP) is 4.42. The number of amides is 2. The first-order valence-corrected chi connectivity index (χ1v) is 15.9. The smallest absolute Gasteiger partial charge is 0.243 e. The van der Waals surface area contributed by atoms with Crippen molar-refractivity contribution >= 4 is 27.5 Å². The third kappa shape index (κ3) is 9.24. The lowest BCUT2D eigenvalue weighted by Gasteiger charge is -2.32. The van der Waals surface area contributed by atoms with Crippen LogP contribution in [0, 0.1) is 0 Å². The molecule has 9 nitrogen and oxygen atoms in total. The number of methoxy groups -OCH3 is 2. The van der Waals surface area contributed by atoms with Crippen LogP contribution in [0.5, 0.6) is 11.5 Å². The average molecular weight is 596 g/mol. The maximum absolute atomic E-state index is 13.9. The van der Waals surface area contributed by atoms with Gasteiger partial charge in [-0.1, -0.05) is 61.5 Å². The lowest BCUT2D eigenvalue weighted by atomic mass is 10.0. The van der Waals surface area contributed by atoms with Crippen LogP contribution < -0.4 is 19.1 Å². The van der Waals surface area contributed by atoms with Crippen molar-refractivity contribution in [1.82, 2.24) is 10.2 Å². The minimum atomic E-state index is -3.66. The quantitative estimate of drug-likeness (QED) is 0.263. The van der Waals surface area contributed by atoms with E-state index in [4.69, 9.17) is 9.47 Å². The standard InChI is InChI=1S/C32H41N3O6S/c1-5-20-33-32(37)29(23-25-13-7-6-8-14-25)34(24-26-15-11-16-27(22-26)40-2)31(36)19-12-21-35(42(4,38)39)28-17-9-10-18-30(28)41-3/h6-11,13-18,22,29H,5,12,19-21,23-24H2,1-4H3,(H,33,37)/t29-/m1/s1. The molecular weight excluding hydrogens is 554 g/mol. The molecule has 0 bridgehead atoms. The number of anilines is 1. The predicted molar refractivity (Wildman–Crippen MR) is 165 cm³/mol. The Morgan fingerprint density at radius 2 is 1.60 bits per heavy atom. The van der Waals surface area contributed by atoms with Crippen LogP contribution >= 0.6 is 0 Å². The number of nitrogens with one attached hydrogen (secondary N) is 1. The molecule has 0 radical (unpaired) electrons. The van der Waals surface area contributed by atoms with Crippen LogP contribution in [0.1, 0.15) is 37.3 Å². The summed E-state index contributed by atoms with van der Waals surface area (Å²) in [6.07, 6.45) is 2.51. The van der Waals surface area contributed by atoms with Crippen molar-refractivity contribution in [2.75, 3.05) is 37.9 Å². The molecule has 0 saturated heterocycles. The molecular formula is C32H41N3O6S. The number of para-hydroxylation sites is 2. The van der Waals surface area contributed by atoms with E-state index in [2.05, 4.69) is 5.32 Å². The highest BCUT2D eigenvalue weighted by Gasteiger charge is 2.30. The summed E-state index contributed by atoms with van der Waals surface area (Å²) in [5.74, 6) is 0.586. The zero-order valence-corrected chi connectivity index (χ0v) is 25.6. The largest absolute Gasteiger partial charge is 0.497 e. The number of rotatable bonds is 16. The molecule has 226 valence electrons. The van der Waals surface area contributed by atoms with Gasteiger partial charge >= 0.3 is 0 Å². The number of sulfonamides is 1. The molecule has 0 aromatic heterocycles. The molecule has 0 saturated carbocycles. The number of hydrogen-bond donors (Lipinski definition) is 1. The third-order valence-electron chi connectivity index (χ3n) is 6.81. The number of carbonyl (C=O) groups excluding carboxylic acids is 2. The Kier molecular flexibility index (Phi) is 12.2. The van der Waals surface area contributed by atoms with Crippen molar-refractivity contribution in [3.8, 4) is 11.5 Å².